The molecule has 0 atom stereocenters. The molecule has 100 valence electrons. The Hall–Kier alpha value is -2.14. The molecule has 0 aliphatic rings. The van der Waals surface area contributed by atoms with Gasteiger partial charge in [-0.05, 0) is 30.7 Å². The summed E-state index contributed by atoms with van der Waals surface area (Å²) in [4.78, 5) is 8.56. The monoisotopic (exact) mass is 258 g/mol. The minimum atomic E-state index is 0.625. The molecule has 0 aliphatic carbocycles. The Morgan fingerprint density at radius 2 is 2.00 bits per heavy atom. The Morgan fingerprint density at radius 1 is 1.21 bits per heavy atom. The summed E-state index contributed by atoms with van der Waals surface area (Å²) < 4.78 is 5.20. The molecular formula is C14H18N4O. The second-order valence-corrected chi connectivity index (χ2v) is 4.10. The summed E-state index contributed by atoms with van der Waals surface area (Å²) in [5.41, 5.74) is 7.42. The van der Waals surface area contributed by atoms with Crippen molar-refractivity contribution in [2.75, 3.05) is 25.5 Å². The van der Waals surface area contributed by atoms with Gasteiger partial charge in [0.1, 0.15) is 5.75 Å². The fourth-order valence-electron chi connectivity index (χ4n) is 1.67. The molecule has 0 bridgehead atoms. The molecule has 0 spiro atoms. The van der Waals surface area contributed by atoms with Crippen LogP contribution in [0.3, 0.4) is 0 Å². The van der Waals surface area contributed by atoms with Crippen LogP contribution in [0.1, 0.15) is 6.42 Å². The van der Waals surface area contributed by atoms with E-state index in [1.54, 1.807) is 19.5 Å². The number of nitrogens with two attached hydrogens (primary N) is 1. The first-order valence-corrected chi connectivity index (χ1v) is 6.24. The van der Waals surface area contributed by atoms with E-state index < -0.39 is 0 Å². The van der Waals surface area contributed by atoms with Crippen molar-refractivity contribution in [2.45, 2.75) is 6.42 Å². The number of aromatic nitrogens is 2. The van der Waals surface area contributed by atoms with Crippen LogP contribution >= 0.6 is 0 Å². The number of benzene rings is 1. The topological polar surface area (TPSA) is 73.1 Å². The highest BCUT2D eigenvalue weighted by molar-refractivity contribution is 5.63. The second kappa shape index (κ2) is 6.70. The van der Waals surface area contributed by atoms with Crippen molar-refractivity contribution in [3.05, 3.63) is 36.7 Å². The maximum absolute atomic E-state index is 5.43. The predicted molar refractivity (Wildman–Crippen MR) is 76.2 cm³/mol. The van der Waals surface area contributed by atoms with E-state index in [1.807, 2.05) is 24.3 Å². The van der Waals surface area contributed by atoms with Gasteiger partial charge < -0.3 is 15.8 Å². The molecule has 2 aromatic rings. The molecule has 0 saturated heterocycles. The molecule has 0 fully saturated rings. The number of nitrogens with zero attached hydrogens (tertiary/aromatic N) is 2. The van der Waals surface area contributed by atoms with Gasteiger partial charge in [0.15, 0.2) is 0 Å². The molecule has 0 amide bonds. The van der Waals surface area contributed by atoms with Crippen molar-refractivity contribution in [3.8, 4) is 16.9 Å². The van der Waals surface area contributed by atoms with Crippen LogP contribution < -0.4 is 15.8 Å². The number of ether oxygens (including phenoxy) is 1. The summed E-state index contributed by atoms with van der Waals surface area (Å²) >= 11 is 0. The summed E-state index contributed by atoms with van der Waals surface area (Å²) in [6, 6.07) is 7.82. The predicted octanol–water partition coefficient (Wildman–Crippen LogP) is 1.91. The van der Waals surface area contributed by atoms with Crippen molar-refractivity contribution in [1.82, 2.24) is 9.97 Å². The Kier molecular flexibility index (Phi) is 4.69. The Morgan fingerprint density at radius 3 is 2.68 bits per heavy atom. The van der Waals surface area contributed by atoms with Gasteiger partial charge in [-0.25, -0.2) is 9.97 Å². The van der Waals surface area contributed by atoms with Crippen molar-refractivity contribution < 1.29 is 4.74 Å². The Bertz CT molecular complexity index is 513. The van der Waals surface area contributed by atoms with E-state index in [9.17, 15) is 0 Å². The molecule has 1 heterocycles. The third-order valence-corrected chi connectivity index (χ3v) is 2.72. The molecule has 5 heteroatoms. The van der Waals surface area contributed by atoms with Crippen molar-refractivity contribution in [3.63, 3.8) is 0 Å². The van der Waals surface area contributed by atoms with Gasteiger partial charge in [0.05, 0.1) is 7.11 Å². The van der Waals surface area contributed by atoms with Gasteiger partial charge in [0.25, 0.3) is 0 Å². The quantitative estimate of drug-likeness (QED) is 0.774. The van der Waals surface area contributed by atoms with Crippen LogP contribution in [-0.2, 0) is 0 Å². The largest absolute Gasteiger partial charge is 0.497 e. The van der Waals surface area contributed by atoms with Crippen LogP contribution in [-0.4, -0.2) is 30.2 Å². The fourth-order valence-corrected chi connectivity index (χ4v) is 1.67. The highest BCUT2D eigenvalue weighted by Gasteiger charge is 2.01. The average molecular weight is 258 g/mol. The van der Waals surface area contributed by atoms with Gasteiger partial charge in [-0.1, -0.05) is 12.1 Å². The minimum Gasteiger partial charge on any atom is -0.497 e. The van der Waals surface area contributed by atoms with E-state index in [0.717, 1.165) is 29.8 Å². The van der Waals surface area contributed by atoms with Gasteiger partial charge in [0, 0.05) is 24.5 Å². The van der Waals surface area contributed by atoms with Crippen molar-refractivity contribution in [2.24, 2.45) is 5.73 Å². The summed E-state index contributed by atoms with van der Waals surface area (Å²) in [5, 5.41) is 3.12. The second-order valence-electron chi connectivity index (χ2n) is 4.10. The summed E-state index contributed by atoms with van der Waals surface area (Å²) in [6.07, 6.45) is 4.50. The zero-order valence-corrected chi connectivity index (χ0v) is 11.0. The molecular weight excluding hydrogens is 240 g/mol. The molecule has 2 rings (SSSR count). The first kappa shape index (κ1) is 13.3. The zero-order chi connectivity index (χ0) is 13.5. The maximum Gasteiger partial charge on any atom is 0.222 e. The van der Waals surface area contributed by atoms with Crippen LogP contribution in [0.5, 0.6) is 5.75 Å². The number of hydrogen-bond acceptors (Lipinski definition) is 5. The lowest BCUT2D eigenvalue weighted by molar-refractivity contribution is 0.415. The molecule has 0 radical (unpaired) electrons. The van der Waals surface area contributed by atoms with Gasteiger partial charge in [0.2, 0.25) is 5.95 Å². The standard InChI is InChI=1S/C14H18N4O/c1-19-13-5-2-4-11(8-13)12-9-17-14(18-10-12)16-7-3-6-15/h2,4-5,8-10H,3,6-7,15H2,1H3,(H,16,17,18). The van der Waals surface area contributed by atoms with Crippen LogP contribution in [0.15, 0.2) is 36.7 Å². The van der Waals surface area contributed by atoms with Crippen molar-refractivity contribution >= 4 is 5.95 Å². The number of methoxy groups -OCH3 is 1. The molecule has 5 nitrogen and oxygen atoms in total. The SMILES string of the molecule is COc1cccc(-c2cnc(NCCCN)nc2)c1. The first-order chi connectivity index (χ1) is 9.33. The normalized spacial score (nSPS) is 10.2. The van der Waals surface area contributed by atoms with Crippen LogP contribution in [0.25, 0.3) is 11.1 Å². The van der Waals surface area contributed by atoms with E-state index in [1.165, 1.54) is 0 Å². The number of nitrogens with one attached hydrogen (secondary N) is 1. The fraction of sp³-hybridized carbons (Fsp3) is 0.286. The molecule has 1 aromatic heterocycles. The zero-order valence-electron chi connectivity index (χ0n) is 11.0. The average Bonchev–Trinajstić information content (AvgIpc) is 2.48. The highest BCUT2D eigenvalue weighted by Crippen LogP contribution is 2.22. The van der Waals surface area contributed by atoms with Crippen LogP contribution in [0, 0.1) is 0 Å². The Labute approximate surface area is 112 Å². The van der Waals surface area contributed by atoms with Crippen LogP contribution in [0.2, 0.25) is 0 Å². The van der Waals surface area contributed by atoms with Gasteiger partial charge in [-0.15, -0.1) is 0 Å². The van der Waals surface area contributed by atoms with Crippen LogP contribution in [0.4, 0.5) is 5.95 Å². The Balaban J connectivity index is 2.08. The molecule has 3 N–H and O–H groups in total. The third kappa shape index (κ3) is 3.66. The summed E-state index contributed by atoms with van der Waals surface area (Å²) in [5.74, 6) is 1.45. The molecule has 0 aliphatic heterocycles. The van der Waals surface area contributed by atoms with Crippen molar-refractivity contribution in [1.29, 1.82) is 0 Å². The summed E-state index contributed by atoms with van der Waals surface area (Å²) in [7, 11) is 1.65. The molecule has 19 heavy (non-hydrogen) atoms. The lowest BCUT2D eigenvalue weighted by Crippen LogP contribution is -2.10. The number of rotatable bonds is 6. The molecule has 1 aromatic carbocycles. The number of hydrogen-bond donors (Lipinski definition) is 2. The van der Waals surface area contributed by atoms with E-state index in [-0.39, 0.29) is 0 Å². The smallest absolute Gasteiger partial charge is 0.222 e. The maximum atomic E-state index is 5.43. The minimum absolute atomic E-state index is 0.625. The van der Waals surface area contributed by atoms with Gasteiger partial charge in [-0.3, -0.25) is 0 Å². The highest BCUT2D eigenvalue weighted by atomic mass is 16.5. The first-order valence-electron chi connectivity index (χ1n) is 6.24. The third-order valence-electron chi connectivity index (χ3n) is 2.72. The van der Waals surface area contributed by atoms with E-state index in [4.69, 9.17) is 10.5 Å². The van der Waals surface area contributed by atoms with E-state index in [2.05, 4.69) is 15.3 Å². The lowest BCUT2D eigenvalue weighted by Gasteiger charge is -2.06. The van der Waals surface area contributed by atoms with Gasteiger partial charge >= 0.3 is 0 Å². The van der Waals surface area contributed by atoms with Gasteiger partial charge in [-0.2, -0.15) is 0 Å². The lowest BCUT2D eigenvalue weighted by atomic mass is 10.1. The number of anilines is 1. The molecule has 0 unspecified atom stereocenters. The van der Waals surface area contributed by atoms with E-state index in [0.29, 0.717) is 12.5 Å². The molecule has 0 saturated carbocycles. The summed E-state index contributed by atoms with van der Waals surface area (Å²) in [6.45, 7) is 1.45. The van der Waals surface area contributed by atoms with E-state index >= 15 is 0 Å².